The number of nitrogens with two attached hydrogens (primary N) is 1. The molecule has 1 saturated heterocycles. The predicted octanol–water partition coefficient (Wildman–Crippen LogP) is 1.80. The van der Waals surface area contributed by atoms with E-state index in [2.05, 4.69) is 51.3 Å². The fraction of sp³-hybridized carbons (Fsp3) is 0.533. The number of benzene rings is 1. The Bertz CT molecular complexity index is 470. The van der Waals surface area contributed by atoms with Gasteiger partial charge in [-0.05, 0) is 37.0 Å². The highest BCUT2D eigenvalue weighted by atomic mass is 79.9. The number of carbonyl (C=O) groups excluding carboxylic acids is 1. The molecule has 0 atom stereocenters. The monoisotopic (exact) mass is 339 g/mol. The van der Waals surface area contributed by atoms with Gasteiger partial charge in [0, 0.05) is 30.1 Å². The van der Waals surface area contributed by atoms with Crippen molar-refractivity contribution in [2.45, 2.75) is 32.4 Å². The number of nitrogens with one attached hydrogen (secondary N) is 1. The van der Waals surface area contributed by atoms with Crippen LogP contribution in [0.5, 0.6) is 0 Å². The Morgan fingerprint density at radius 3 is 2.75 bits per heavy atom. The smallest absolute Gasteiger partial charge is 0.231 e. The van der Waals surface area contributed by atoms with Crippen molar-refractivity contribution in [3.63, 3.8) is 0 Å². The third-order valence-electron chi connectivity index (χ3n) is 3.78. The number of hydrogen-bond donors (Lipinski definition) is 2. The summed E-state index contributed by atoms with van der Waals surface area (Å²) >= 11 is 3.52. The zero-order valence-electron chi connectivity index (χ0n) is 11.9. The van der Waals surface area contributed by atoms with Crippen LogP contribution in [0.3, 0.4) is 0 Å². The van der Waals surface area contributed by atoms with Gasteiger partial charge in [-0.1, -0.05) is 28.1 Å². The lowest BCUT2D eigenvalue weighted by molar-refractivity contribution is -0.119. The average molecular weight is 340 g/mol. The first kappa shape index (κ1) is 15.5. The minimum Gasteiger partial charge on any atom is -0.369 e. The van der Waals surface area contributed by atoms with E-state index in [0.717, 1.165) is 36.9 Å². The molecular formula is C15H22BrN3O. The van der Waals surface area contributed by atoms with Gasteiger partial charge < -0.3 is 11.1 Å². The van der Waals surface area contributed by atoms with E-state index >= 15 is 0 Å². The van der Waals surface area contributed by atoms with E-state index in [1.165, 1.54) is 11.1 Å². The minimum atomic E-state index is -0.234. The molecule has 0 radical (unpaired) electrons. The number of piperidine rings is 1. The number of hydrogen-bond acceptors (Lipinski definition) is 3. The van der Waals surface area contributed by atoms with Crippen molar-refractivity contribution in [2.24, 2.45) is 5.73 Å². The number of likely N-dealkylation sites (tertiary alicyclic amines) is 1. The maximum Gasteiger partial charge on any atom is 0.231 e. The van der Waals surface area contributed by atoms with Crippen LogP contribution in [0.2, 0.25) is 0 Å². The van der Waals surface area contributed by atoms with Crippen molar-refractivity contribution in [3.05, 3.63) is 33.8 Å². The van der Waals surface area contributed by atoms with Gasteiger partial charge in [0.15, 0.2) is 0 Å². The zero-order valence-corrected chi connectivity index (χ0v) is 13.4. The molecule has 110 valence electrons. The van der Waals surface area contributed by atoms with Crippen LogP contribution in [-0.2, 0) is 11.3 Å². The quantitative estimate of drug-likeness (QED) is 0.859. The predicted molar refractivity (Wildman–Crippen MR) is 84.4 cm³/mol. The third kappa shape index (κ3) is 4.58. The molecule has 0 unspecified atom stereocenters. The van der Waals surface area contributed by atoms with Gasteiger partial charge in [0.25, 0.3) is 0 Å². The molecule has 1 aliphatic rings. The molecule has 0 bridgehead atoms. The largest absolute Gasteiger partial charge is 0.369 e. The summed E-state index contributed by atoms with van der Waals surface area (Å²) in [5, 5.41) is 3.60. The van der Waals surface area contributed by atoms with Gasteiger partial charge in [0.1, 0.15) is 0 Å². The Labute approximate surface area is 128 Å². The number of halogens is 1. The second-order valence-electron chi connectivity index (χ2n) is 5.48. The molecule has 1 aliphatic heterocycles. The topological polar surface area (TPSA) is 58.4 Å². The second kappa shape index (κ2) is 7.20. The van der Waals surface area contributed by atoms with Crippen molar-refractivity contribution in [3.8, 4) is 0 Å². The van der Waals surface area contributed by atoms with E-state index < -0.39 is 0 Å². The molecule has 20 heavy (non-hydrogen) atoms. The fourth-order valence-electron chi connectivity index (χ4n) is 2.59. The van der Waals surface area contributed by atoms with Gasteiger partial charge in [-0.3, -0.25) is 9.69 Å². The van der Waals surface area contributed by atoms with Crippen molar-refractivity contribution < 1.29 is 4.79 Å². The van der Waals surface area contributed by atoms with Gasteiger partial charge >= 0.3 is 0 Å². The van der Waals surface area contributed by atoms with E-state index in [0.29, 0.717) is 12.6 Å². The maximum absolute atomic E-state index is 10.9. The first-order valence-electron chi connectivity index (χ1n) is 7.03. The molecule has 1 heterocycles. The van der Waals surface area contributed by atoms with Gasteiger partial charge in [0.2, 0.25) is 5.91 Å². The number of amides is 1. The summed E-state index contributed by atoms with van der Waals surface area (Å²) in [6, 6.07) is 6.98. The number of nitrogens with zero attached hydrogens (tertiary/aromatic N) is 1. The highest BCUT2D eigenvalue weighted by Crippen LogP contribution is 2.17. The summed E-state index contributed by atoms with van der Waals surface area (Å²) < 4.78 is 1.15. The summed E-state index contributed by atoms with van der Waals surface area (Å²) in [5.41, 5.74) is 7.79. The van der Waals surface area contributed by atoms with Crippen LogP contribution in [0, 0.1) is 6.92 Å². The maximum atomic E-state index is 10.9. The SMILES string of the molecule is Cc1cc(CNC2CCN(CC(N)=O)CC2)ccc1Br. The summed E-state index contributed by atoms with van der Waals surface area (Å²) in [7, 11) is 0. The number of rotatable bonds is 5. The summed E-state index contributed by atoms with van der Waals surface area (Å²) in [6.45, 7) is 5.28. The van der Waals surface area contributed by atoms with Crippen molar-refractivity contribution in [2.75, 3.05) is 19.6 Å². The third-order valence-corrected chi connectivity index (χ3v) is 4.67. The Kier molecular flexibility index (Phi) is 5.57. The Morgan fingerprint density at radius 2 is 2.15 bits per heavy atom. The highest BCUT2D eigenvalue weighted by Gasteiger charge is 2.19. The lowest BCUT2D eigenvalue weighted by atomic mass is 10.0. The lowest BCUT2D eigenvalue weighted by Crippen LogP contribution is -2.45. The van der Waals surface area contributed by atoms with Crippen LogP contribution in [0.15, 0.2) is 22.7 Å². The molecule has 1 aromatic carbocycles. The number of carbonyl (C=O) groups is 1. The summed E-state index contributed by atoms with van der Waals surface area (Å²) in [5.74, 6) is -0.234. The van der Waals surface area contributed by atoms with E-state index in [-0.39, 0.29) is 5.91 Å². The van der Waals surface area contributed by atoms with Gasteiger partial charge in [-0.15, -0.1) is 0 Å². The van der Waals surface area contributed by atoms with E-state index in [1.807, 2.05) is 0 Å². The normalized spacial score (nSPS) is 17.3. The summed E-state index contributed by atoms with van der Waals surface area (Å²) in [4.78, 5) is 13.0. The van der Waals surface area contributed by atoms with E-state index in [1.54, 1.807) is 0 Å². The van der Waals surface area contributed by atoms with Crippen LogP contribution in [0.25, 0.3) is 0 Å². The van der Waals surface area contributed by atoms with E-state index in [9.17, 15) is 4.79 Å². The average Bonchev–Trinajstić information content (AvgIpc) is 2.41. The van der Waals surface area contributed by atoms with Gasteiger partial charge in [0.05, 0.1) is 6.54 Å². The Hall–Kier alpha value is -0.910. The van der Waals surface area contributed by atoms with Crippen LogP contribution in [0.4, 0.5) is 0 Å². The van der Waals surface area contributed by atoms with Crippen molar-refractivity contribution in [1.82, 2.24) is 10.2 Å². The molecule has 0 spiro atoms. The molecular weight excluding hydrogens is 318 g/mol. The number of primary amides is 1. The molecule has 3 N–H and O–H groups in total. The Balaban J connectivity index is 1.75. The van der Waals surface area contributed by atoms with Gasteiger partial charge in [-0.2, -0.15) is 0 Å². The molecule has 4 nitrogen and oxygen atoms in total. The molecule has 0 saturated carbocycles. The van der Waals surface area contributed by atoms with E-state index in [4.69, 9.17) is 5.73 Å². The summed E-state index contributed by atoms with van der Waals surface area (Å²) in [6.07, 6.45) is 2.14. The molecule has 1 amide bonds. The molecule has 5 heteroatoms. The minimum absolute atomic E-state index is 0.234. The molecule has 2 rings (SSSR count). The Morgan fingerprint density at radius 1 is 1.45 bits per heavy atom. The fourth-order valence-corrected chi connectivity index (χ4v) is 2.84. The highest BCUT2D eigenvalue weighted by molar-refractivity contribution is 9.10. The molecule has 1 fully saturated rings. The molecule has 0 aromatic heterocycles. The van der Waals surface area contributed by atoms with Crippen LogP contribution >= 0.6 is 15.9 Å². The lowest BCUT2D eigenvalue weighted by Gasteiger charge is -2.31. The number of aryl methyl sites for hydroxylation is 1. The van der Waals surface area contributed by atoms with Crippen LogP contribution < -0.4 is 11.1 Å². The van der Waals surface area contributed by atoms with Crippen molar-refractivity contribution >= 4 is 21.8 Å². The first-order valence-corrected chi connectivity index (χ1v) is 7.83. The van der Waals surface area contributed by atoms with Crippen LogP contribution in [0.1, 0.15) is 24.0 Å². The van der Waals surface area contributed by atoms with Crippen molar-refractivity contribution in [1.29, 1.82) is 0 Å². The standard InChI is InChI=1S/C15H22BrN3O/c1-11-8-12(2-3-14(11)16)9-18-13-4-6-19(7-5-13)10-15(17)20/h2-3,8,13,18H,4-7,9-10H2,1H3,(H2,17,20). The second-order valence-corrected chi connectivity index (χ2v) is 6.34. The first-order chi connectivity index (χ1) is 9.54. The zero-order chi connectivity index (χ0) is 14.5. The molecule has 0 aliphatic carbocycles. The van der Waals surface area contributed by atoms with Crippen LogP contribution in [-0.4, -0.2) is 36.5 Å². The van der Waals surface area contributed by atoms with Gasteiger partial charge in [-0.25, -0.2) is 0 Å². The molecule has 1 aromatic rings.